The van der Waals surface area contributed by atoms with Crippen LogP contribution in [0, 0.1) is 11.8 Å². The van der Waals surface area contributed by atoms with Crippen molar-refractivity contribution in [2.45, 2.75) is 84.2 Å². The number of rotatable bonds is 5. The maximum Gasteiger partial charge on any atom is 0.222 e. The second kappa shape index (κ2) is 8.17. The van der Waals surface area contributed by atoms with Gasteiger partial charge in [0.05, 0.1) is 0 Å². The van der Waals surface area contributed by atoms with Gasteiger partial charge in [0.15, 0.2) is 0 Å². The Morgan fingerprint density at radius 2 is 1.90 bits per heavy atom. The Labute approximate surface area is 130 Å². The molecular weight excluding hydrogens is 260 g/mol. The summed E-state index contributed by atoms with van der Waals surface area (Å²) in [5.41, 5.74) is 0. The lowest BCUT2D eigenvalue weighted by atomic mass is 9.86. The first-order valence-electron chi connectivity index (χ1n) is 9.14. The number of nitrogens with zero attached hydrogens (tertiary/aromatic N) is 1. The molecule has 1 amide bonds. The third kappa shape index (κ3) is 4.98. The number of hydrogen-bond donors (Lipinski definition) is 1. The van der Waals surface area contributed by atoms with Gasteiger partial charge in [0.2, 0.25) is 5.91 Å². The molecule has 2 aliphatic rings. The quantitative estimate of drug-likeness (QED) is 0.840. The predicted molar refractivity (Wildman–Crippen MR) is 88.2 cm³/mol. The van der Waals surface area contributed by atoms with Gasteiger partial charge in [-0.25, -0.2) is 0 Å². The van der Waals surface area contributed by atoms with E-state index in [1.807, 2.05) is 13.8 Å². The lowest BCUT2D eigenvalue weighted by Gasteiger charge is -2.43. The van der Waals surface area contributed by atoms with Crippen molar-refractivity contribution in [1.29, 1.82) is 0 Å². The van der Waals surface area contributed by atoms with E-state index in [1.54, 1.807) is 0 Å². The van der Waals surface area contributed by atoms with Gasteiger partial charge < -0.3 is 5.32 Å². The number of hydrogen-bond acceptors (Lipinski definition) is 2. The summed E-state index contributed by atoms with van der Waals surface area (Å²) in [4.78, 5) is 14.7. The Kier molecular flexibility index (Phi) is 6.53. The highest BCUT2D eigenvalue weighted by atomic mass is 16.1. The highest BCUT2D eigenvalue weighted by Crippen LogP contribution is 2.29. The predicted octanol–water partition coefficient (Wildman–Crippen LogP) is 3.58. The first kappa shape index (κ1) is 16.8. The minimum atomic E-state index is 0.0969. The summed E-state index contributed by atoms with van der Waals surface area (Å²) in [6.45, 7) is 8.58. The molecule has 0 aromatic rings. The van der Waals surface area contributed by atoms with Crippen molar-refractivity contribution in [2.24, 2.45) is 11.8 Å². The third-order valence-corrected chi connectivity index (χ3v) is 5.22. The van der Waals surface area contributed by atoms with Crippen LogP contribution < -0.4 is 5.32 Å². The molecule has 0 aromatic carbocycles. The number of carbonyl (C=O) groups is 1. The molecule has 2 unspecified atom stereocenters. The summed E-state index contributed by atoms with van der Waals surface area (Å²) >= 11 is 0. The summed E-state index contributed by atoms with van der Waals surface area (Å²) in [5, 5.41) is 3.30. The van der Waals surface area contributed by atoms with Crippen LogP contribution in [0.3, 0.4) is 0 Å². The molecule has 1 heterocycles. The normalized spacial score (nSPS) is 28.8. The molecule has 1 aliphatic heterocycles. The van der Waals surface area contributed by atoms with E-state index in [1.165, 1.54) is 57.9 Å². The zero-order chi connectivity index (χ0) is 15.2. The van der Waals surface area contributed by atoms with Gasteiger partial charge in [-0.3, -0.25) is 9.69 Å². The summed E-state index contributed by atoms with van der Waals surface area (Å²) < 4.78 is 0. The van der Waals surface area contributed by atoms with Crippen LogP contribution in [-0.4, -0.2) is 36.0 Å². The minimum Gasteiger partial charge on any atom is -0.352 e. The molecule has 0 spiro atoms. The van der Waals surface area contributed by atoms with Crippen molar-refractivity contribution in [2.75, 3.05) is 13.1 Å². The highest BCUT2D eigenvalue weighted by molar-refractivity contribution is 5.78. The molecule has 3 nitrogen and oxygen atoms in total. The number of piperidine rings is 1. The third-order valence-electron chi connectivity index (χ3n) is 5.22. The molecule has 2 rings (SSSR count). The molecule has 1 saturated heterocycles. The summed E-state index contributed by atoms with van der Waals surface area (Å²) in [5.74, 6) is 1.09. The van der Waals surface area contributed by atoms with E-state index in [4.69, 9.17) is 0 Å². The minimum absolute atomic E-state index is 0.0969. The molecule has 1 saturated carbocycles. The van der Waals surface area contributed by atoms with Crippen molar-refractivity contribution < 1.29 is 4.79 Å². The Morgan fingerprint density at radius 1 is 1.19 bits per heavy atom. The number of carbonyl (C=O) groups excluding carboxylic acids is 1. The molecule has 0 aromatic heterocycles. The van der Waals surface area contributed by atoms with Crippen LogP contribution in [0.25, 0.3) is 0 Å². The van der Waals surface area contributed by atoms with E-state index in [0.29, 0.717) is 6.04 Å². The van der Waals surface area contributed by atoms with E-state index >= 15 is 0 Å². The maximum absolute atomic E-state index is 12.0. The van der Waals surface area contributed by atoms with Gasteiger partial charge in [-0.05, 0) is 31.6 Å². The first-order valence-corrected chi connectivity index (χ1v) is 9.14. The fraction of sp³-hybridized carbons (Fsp3) is 0.944. The van der Waals surface area contributed by atoms with Crippen LogP contribution in [0.2, 0.25) is 0 Å². The Bertz CT molecular complexity index is 323. The van der Waals surface area contributed by atoms with Crippen LogP contribution in [0.15, 0.2) is 0 Å². The van der Waals surface area contributed by atoms with Crippen molar-refractivity contribution >= 4 is 5.91 Å². The zero-order valence-corrected chi connectivity index (χ0v) is 14.2. The van der Waals surface area contributed by atoms with E-state index in [0.717, 1.165) is 18.5 Å². The van der Waals surface area contributed by atoms with Gasteiger partial charge in [-0.1, -0.05) is 46.5 Å². The fourth-order valence-corrected chi connectivity index (χ4v) is 4.07. The summed E-state index contributed by atoms with van der Waals surface area (Å²) in [6.07, 6.45) is 10.7. The lowest BCUT2D eigenvalue weighted by Crippen LogP contribution is -2.54. The Balaban J connectivity index is 1.95. The number of likely N-dealkylation sites (tertiary alicyclic amines) is 1. The standard InChI is InChI=1S/C18H34N2O/c1-4-8-15-11-16(19-18(21)14(2)3)13-20(12-15)17-9-6-5-7-10-17/h14-17H,4-13H2,1-3H3,(H,19,21). The van der Waals surface area contributed by atoms with Crippen molar-refractivity contribution in [1.82, 2.24) is 10.2 Å². The number of amides is 1. The number of nitrogens with one attached hydrogen (secondary N) is 1. The topological polar surface area (TPSA) is 32.3 Å². The molecule has 21 heavy (non-hydrogen) atoms. The van der Waals surface area contributed by atoms with Crippen molar-refractivity contribution in [3.8, 4) is 0 Å². The molecule has 1 N–H and O–H groups in total. The van der Waals surface area contributed by atoms with Gasteiger partial charge in [-0.15, -0.1) is 0 Å². The second-order valence-electron chi connectivity index (χ2n) is 7.50. The lowest BCUT2D eigenvalue weighted by molar-refractivity contribution is -0.125. The van der Waals surface area contributed by atoms with Gasteiger partial charge in [0.25, 0.3) is 0 Å². The monoisotopic (exact) mass is 294 g/mol. The van der Waals surface area contributed by atoms with Crippen LogP contribution in [0.4, 0.5) is 0 Å². The zero-order valence-electron chi connectivity index (χ0n) is 14.2. The molecule has 0 bridgehead atoms. The smallest absolute Gasteiger partial charge is 0.222 e. The fourth-order valence-electron chi connectivity index (χ4n) is 4.07. The highest BCUT2D eigenvalue weighted by Gasteiger charge is 2.32. The molecule has 122 valence electrons. The summed E-state index contributed by atoms with van der Waals surface area (Å²) in [6, 6.07) is 1.14. The largest absolute Gasteiger partial charge is 0.352 e. The van der Waals surface area contributed by atoms with Gasteiger partial charge >= 0.3 is 0 Å². The van der Waals surface area contributed by atoms with E-state index in [2.05, 4.69) is 17.1 Å². The van der Waals surface area contributed by atoms with Crippen LogP contribution in [0.5, 0.6) is 0 Å². The summed E-state index contributed by atoms with van der Waals surface area (Å²) in [7, 11) is 0. The van der Waals surface area contributed by atoms with Gasteiger partial charge in [0.1, 0.15) is 0 Å². The van der Waals surface area contributed by atoms with E-state index in [9.17, 15) is 4.79 Å². The van der Waals surface area contributed by atoms with Crippen molar-refractivity contribution in [3.05, 3.63) is 0 Å². The first-order chi connectivity index (χ1) is 10.1. The Morgan fingerprint density at radius 3 is 2.52 bits per heavy atom. The molecule has 2 fully saturated rings. The molecule has 3 heteroatoms. The average molecular weight is 294 g/mol. The maximum atomic E-state index is 12.0. The molecular formula is C18H34N2O. The SMILES string of the molecule is CCCC1CC(NC(=O)C(C)C)CN(C2CCCCC2)C1. The van der Waals surface area contributed by atoms with Crippen molar-refractivity contribution in [3.63, 3.8) is 0 Å². The van der Waals surface area contributed by atoms with Gasteiger partial charge in [0, 0.05) is 31.1 Å². The van der Waals surface area contributed by atoms with Crippen LogP contribution in [0.1, 0.15) is 72.1 Å². The average Bonchev–Trinajstić information content (AvgIpc) is 2.48. The molecule has 1 aliphatic carbocycles. The van der Waals surface area contributed by atoms with Gasteiger partial charge in [-0.2, -0.15) is 0 Å². The van der Waals surface area contributed by atoms with E-state index in [-0.39, 0.29) is 11.8 Å². The van der Waals surface area contributed by atoms with Crippen LogP contribution >= 0.6 is 0 Å². The second-order valence-corrected chi connectivity index (χ2v) is 7.50. The molecule has 2 atom stereocenters. The van der Waals surface area contributed by atoms with E-state index < -0.39 is 0 Å². The van der Waals surface area contributed by atoms with Crippen LogP contribution in [-0.2, 0) is 4.79 Å². The molecule has 0 radical (unpaired) electrons. The Hall–Kier alpha value is -0.570.